The summed E-state index contributed by atoms with van der Waals surface area (Å²) in [7, 11) is 0. The number of piperidine rings is 4. The average Bonchev–Trinajstić information content (AvgIpc) is 3.70. The van der Waals surface area contributed by atoms with Crippen LogP contribution in [0.2, 0.25) is 20.1 Å². The number of rotatable bonds is 12. The van der Waals surface area contributed by atoms with Gasteiger partial charge in [-0.2, -0.15) is 23.7 Å². The zero-order chi connectivity index (χ0) is 58.1. The first-order valence-corrected chi connectivity index (χ1v) is 29.2. The Morgan fingerprint density at radius 2 is 0.963 bits per heavy atom. The van der Waals surface area contributed by atoms with Crippen molar-refractivity contribution < 1.29 is 32.2 Å². The summed E-state index contributed by atoms with van der Waals surface area (Å²) in [6.07, 6.45) is 2.91. The molecule has 6 atom stereocenters. The molecule has 0 aliphatic carbocycles. The highest BCUT2D eigenvalue weighted by atomic mass is 35.5. The number of likely N-dealkylation sites (tertiary alicyclic amines) is 2. The first-order chi connectivity index (χ1) is 39.4. The fourth-order valence-electron chi connectivity index (χ4n) is 12.0. The van der Waals surface area contributed by atoms with Gasteiger partial charge in [0.05, 0.1) is 38.9 Å². The summed E-state index contributed by atoms with van der Waals surface area (Å²) >= 11 is 24.7. The van der Waals surface area contributed by atoms with E-state index in [0.717, 1.165) is 80.1 Å². The van der Waals surface area contributed by atoms with E-state index in [9.17, 15) is 22.8 Å². The summed E-state index contributed by atoms with van der Waals surface area (Å²) in [6.45, 7) is 9.43. The SMILES string of the molecule is C[C@H](Oc1ccc(C(F)(F)F)cc1)[C@H]1CCN(C(=O)C2CCN(c3ccc(C#N)cn3)CC2)C[C@@H]1c1ccc(Cl)cc1.C[C@H](Oc1ccc(Cl)c(Cl)c1)[C@H]1CCN(C(=O)C2CCN(c3ccc(C#N)cn3)CC2)C[C@@H]1c1ccc(Cl)cc1. The first kappa shape index (κ1) is 59.9. The highest BCUT2D eigenvalue weighted by molar-refractivity contribution is 6.42. The molecule has 0 spiro atoms. The Labute approximate surface area is 497 Å². The molecule has 2 aromatic heterocycles. The fraction of sp³-hybridized carbons (Fsp3) is 0.397. The lowest BCUT2D eigenvalue weighted by Crippen LogP contribution is -2.49. The minimum atomic E-state index is -4.40. The number of anilines is 2. The average molecular weight is 1200 g/mol. The van der Waals surface area contributed by atoms with Crippen molar-refractivity contribution in [3.05, 3.63) is 176 Å². The summed E-state index contributed by atoms with van der Waals surface area (Å²) < 4.78 is 51.5. The van der Waals surface area contributed by atoms with Crippen molar-refractivity contribution in [1.82, 2.24) is 19.8 Å². The van der Waals surface area contributed by atoms with Crippen LogP contribution in [0.5, 0.6) is 11.5 Å². The summed E-state index contributed by atoms with van der Waals surface area (Å²) in [5.41, 5.74) is 2.54. The van der Waals surface area contributed by atoms with Gasteiger partial charge in [-0.1, -0.05) is 70.7 Å². The Hall–Kier alpha value is -6.75. The van der Waals surface area contributed by atoms with E-state index in [4.69, 9.17) is 66.4 Å². The van der Waals surface area contributed by atoms with E-state index in [-0.39, 0.29) is 59.5 Å². The molecule has 6 aromatic rings. The van der Waals surface area contributed by atoms with Crippen LogP contribution in [0.15, 0.2) is 128 Å². The van der Waals surface area contributed by atoms with Crippen molar-refractivity contribution in [3.8, 4) is 23.6 Å². The molecule has 0 N–H and O–H groups in total. The molecule has 4 aliphatic rings. The van der Waals surface area contributed by atoms with Crippen LogP contribution in [0.4, 0.5) is 24.8 Å². The number of alkyl halides is 3. The summed E-state index contributed by atoms with van der Waals surface area (Å²) in [6, 6.07) is 37.1. The number of aromatic nitrogens is 2. The minimum Gasteiger partial charge on any atom is -0.490 e. The van der Waals surface area contributed by atoms with Gasteiger partial charge in [-0.05, 0) is 148 Å². The number of hydrogen-bond donors (Lipinski definition) is 0. The van der Waals surface area contributed by atoms with Crippen molar-refractivity contribution >= 4 is 69.9 Å². The van der Waals surface area contributed by atoms with Gasteiger partial charge in [0.15, 0.2) is 0 Å². The van der Waals surface area contributed by atoms with E-state index in [2.05, 4.69) is 51.0 Å². The Balaban J connectivity index is 0.000000198. The van der Waals surface area contributed by atoms with Crippen LogP contribution in [0.1, 0.15) is 92.0 Å². The van der Waals surface area contributed by atoms with E-state index in [0.29, 0.717) is 88.4 Å². The number of carbonyl (C=O) groups is 2. The van der Waals surface area contributed by atoms with Crippen LogP contribution in [-0.2, 0) is 15.8 Å². The van der Waals surface area contributed by atoms with Gasteiger partial charge < -0.3 is 29.1 Å². The molecule has 0 bridgehead atoms. The number of benzene rings is 4. The number of ether oxygens (including phenoxy) is 2. The first-order valence-electron chi connectivity index (χ1n) is 27.7. The third kappa shape index (κ3) is 14.9. The van der Waals surface area contributed by atoms with Crippen molar-refractivity contribution in [3.63, 3.8) is 0 Å². The highest BCUT2D eigenvalue weighted by Crippen LogP contribution is 2.41. The monoisotopic (exact) mass is 1190 g/mol. The Morgan fingerprint density at radius 3 is 1.34 bits per heavy atom. The molecule has 428 valence electrons. The molecule has 2 amide bonds. The zero-order valence-electron chi connectivity index (χ0n) is 45.5. The number of carbonyl (C=O) groups excluding carboxylic acids is 2. The van der Waals surface area contributed by atoms with Gasteiger partial charge in [0.1, 0.15) is 35.3 Å². The molecule has 4 aromatic carbocycles. The van der Waals surface area contributed by atoms with Crippen LogP contribution in [-0.4, -0.2) is 96.1 Å². The molecule has 19 heteroatoms. The second-order valence-electron chi connectivity index (χ2n) is 21.6. The predicted molar refractivity (Wildman–Crippen MR) is 314 cm³/mol. The topological polar surface area (TPSA) is 139 Å². The standard InChI is InChI=1S/C32H32ClF3N4O2.C31H31Cl3N4O2/c1-21(42-27-9-5-25(6-10-27)32(34,35)36)28-14-17-40(20-29(28)23-3-7-26(33)8-4-23)31(41)24-12-15-39(16-13-24)30-11-2-22(18-37)19-38-30;1-20(40-25-7-8-28(33)29(34)16-25)26-12-15-38(19-27(26)22-3-5-24(32)6-4-22)31(39)23-10-13-37(14-11-23)30-9-2-21(17-35)18-36-30/h2-11,19,21,24,28-29H,12-17,20H2,1H3;2-9,16,18,20,23,26-27H,10-15,19H2,1H3/t21-,28+,29+;20-,26+,27+/m00/s1. The molecular weight excluding hydrogens is 1130 g/mol. The number of nitrogens with zero attached hydrogens (tertiary/aromatic N) is 8. The van der Waals surface area contributed by atoms with Crippen molar-refractivity contribution in [2.24, 2.45) is 23.7 Å². The number of amides is 2. The normalized spacial score (nSPS) is 20.6. The summed E-state index contributed by atoms with van der Waals surface area (Å²) in [4.78, 5) is 44.6. The molecular formula is C63H63Cl4F3N8O4. The molecule has 0 saturated carbocycles. The number of pyridine rings is 2. The molecule has 0 radical (unpaired) electrons. The lowest BCUT2D eigenvalue weighted by atomic mass is 9.77. The summed E-state index contributed by atoms with van der Waals surface area (Å²) in [5.74, 6) is 3.33. The van der Waals surface area contributed by atoms with Crippen LogP contribution < -0.4 is 19.3 Å². The fourth-order valence-corrected chi connectivity index (χ4v) is 12.5. The number of hydrogen-bond acceptors (Lipinski definition) is 10. The second kappa shape index (κ2) is 27.1. The van der Waals surface area contributed by atoms with Gasteiger partial charge in [0, 0.05) is 116 Å². The Bertz CT molecular complexity index is 3200. The number of halogens is 7. The van der Waals surface area contributed by atoms with E-state index in [1.54, 1.807) is 36.7 Å². The lowest BCUT2D eigenvalue weighted by molar-refractivity contribution is -0.139. The molecule has 4 fully saturated rings. The van der Waals surface area contributed by atoms with Crippen molar-refractivity contribution in [2.75, 3.05) is 62.2 Å². The number of nitriles is 2. The third-order valence-corrected chi connectivity index (χ3v) is 17.8. The van der Waals surface area contributed by atoms with Crippen molar-refractivity contribution in [1.29, 1.82) is 10.5 Å². The van der Waals surface area contributed by atoms with Crippen LogP contribution in [0.25, 0.3) is 0 Å². The molecule has 4 aliphatic heterocycles. The van der Waals surface area contributed by atoms with Gasteiger partial charge in [0.2, 0.25) is 11.8 Å². The van der Waals surface area contributed by atoms with Gasteiger partial charge in [0.25, 0.3) is 0 Å². The highest BCUT2D eigenvalue weighted by Gasteiger charge is 2.41. The maximum atomic E-state index is 13.7. The summed E-state index contributed by atoms with van der Waals surface area (Å²) in [5, 5.41) is 20.3. The van der Waals surface area contributed by atoms with Gasteiger partial charge in [-0.15, -0.1) is 0 Å². The van der Waals surface area contributed by atoms with Gasteiger partial charge in [-0.3, -0.25) is 9.59 Å². The van der Waals surface area contributed by atoms with Crippen LogP contribution in [0.3, 0.4) is 0 Å². The molecule has 0 unspecified atom stereocenters. The van der Waals surface area contributed by atoms with E-state index < -0.39 is 11.7 Å². The second-order valence-corrected chi connectivity index (χ2v) is 23.3. The van der Waals surface area contributed by atoms with Crippen LogP contribution >= 0.6 is 46.4 Å². The largest absolute Gasteiger partial charge is 0.490 e. The molecule has 82 heavy (non-hydrogen) atoms. The molecule has 6 heterocycles. The minimum absolute atomic E-state index is 0.0121. The van der Waals surface area contributed by atoms with Gasteiger partial charge in [-0.25, -0.2) is 9.97 Å². The van der Waals surface area contributed by atoms with Crippen molar-refractivity contribution in [2.45, 2.75) is 82.6 Å². The zero-order valence-corrected chi connectivity index (χ0v) is 48.5. The third-order valence-electron chi connectivity index (χ3n) is 16.6. The maximum absolute atomic E-state index is 13.7. The van der Waals surface area contributed by atoms with E-state index in [1.165, 1.54) is 12.1 Å². The Morgan fingerprint density at radius 1 is 0.549 bits per heavy atom. The molecule has 4 saturated heterocycles. The van der Waals surface area contributed by atoms with E-state index >= 15 is 0 Å². The molecule has 10 rings (SSSR count). The van der Waals surface area contributed by atoms with Crippen LogP contribution in [0, 0.1) is 46.3 Å². The molecule has 12 nitrogen and oxygen atoms in total. The Kier molecular flexibility index (Phi) is 19.8. The van der Waals surface area contributed by atoms with E-state index in [1.807, 2.05) is 71.3 Å². The van der Waals surface area contributed by atoms with Gasteiger partial charge >= 0.3 is 6.18 Å². The predicted octanol–water partition coefficient (Wildman–Crippen LogP) is 14.2. The maximum Gasteiger partial charge on any atom is 0.416 e. The quantitative estimate of drug-likeness (QED) is 0.116. The lowest BCUT2D eigenvalue weighted by Gasteiger charge is -2.43. The smallest absolute Gasteiger partial charge is 0.416 e.